The molecule has 1 amide bonds. The van der Waals surface area contributed by atoms with E-state index in [1.165, 1.54) is 12.1 Å². The molecule has 0 bridgehead atoms. The van der Waals surface area contributed by atoms with Gasteiger partial charge >= 0.3 is 0 Å². The van der Waals surface area contributed by atoms with Crippen molar-refractivity contribution in [2.45, 2.75) is 64.8 Å². The molecular formula is C26H32ClFN2O3. The van der Waals surface area contributed by atoms with Crippen molar-refractivity contribution in [3.63, 3.8) is 0 Å². The van der Waals surface area contributed by atoms with Gasteiger partial charge in [-0.25, -0.2) is 4.39 Å². The highest BCUT2D eigenvalue weighted by molar-refractivity contribution is 6.09. The predicted octanol–water partition coefficient (Wildman–Crippen LogP) is 5.46. The normalized spacial score (nSPS) is 23.1. The summed E-state index contributed by atoms with van der Waals surface area (Å²) in [5, 5.41) is 10.1. The fourth-order valence-electron chi connectivity index (χ4n) is 5.01. The summed E-state index contributed by atoms with van der Waals surface area (Å²) in [7, 11) is 0. The molecular weight excluding hydrogens is 443 g/mol. The van der Waals surface area contributed by atoms with E-state index in [9.17, 15) is 14.3 Å². The molecule has 178 valence electrons. The number of ether oxygens (including phenoxy) is 1. The molecule has 1 spiro atoms. The van der Waals surface area contributed by atoms with E-state index in [-0.39, 0.29) is 42.0 Å². The molecule has 2 aliphatic rings. The Balaban J connectivity index is 0.00000306. The van der Waals surface area contributed by atoms with Crippen molar-refractivity contribution < 1.29 is 19.0 Å². The SMILES string of the molecule is CC1=C[C@]2(CCN(Cc3ccc(O)c(OC(C)C)c3)[C@@H](C)C2)N(c2cccc(F)c2)C1=O.Cl. The quantitative estimate of drug-likeness (QED) is 0.625. The Hall–Kier alpha value is -2.57. The third-order valence-corrected chi connectivity index (χ3v) is 6.41. The largest absolute Gasteiger partial charge is 0.504 e. The van der Waals surface area contributed by atoms with Crippen molar-refractivity contribution in [2.75, 3.05) is 11.4 Å². The zero-order valence-corrected chi connectivity index (χ0v) is 20.4. The van der Waals surface area contributed by atoms with Gasteiger partial charge in [0, 0.05) is 30.4 Å². The number of benzene rings is 2. The van der Waals surface area contributed by atoms with E-state index >= 15 is 0 Å². The number of likely N-dealkylation sites (tertiary alicyclic amines) is 1. The molecule has 0 aliphatic carbocycles. The minimum Gasteiger partial charge on any atom is -0.504 e. The average molecular weight is 475 g/mol. The van der Waals surface area contributed by atoms with Gasteiger partial charge in [0.15, 0.2) is 11.5 Å². The molecule has 4 rings (SSSR count). The van der Waals surface area contributed by atoms with Gasteiger partial charge in [-0.3, -0.25) is 14.6 Å². The van der Waals surface area contributed by atoms with Crippen LogP contribution in [0, 0.1) is 5.82 Å². The van der Waals surface area contributed by atoms with Crippen LogP contribution in [-0.2, 0) is 11.3 Å². The van der Waals surface area contributed by atoms with Crippen molar-refractivity contribution in [2.24, 2.45) is 0 Å². The number of phenols is 1. The lowest BCUT2D eigenvalue weighted by atomic mass is 9.82. The maximum Gasteiger partial charge on any atom is 0.254 e. The van der Waals surface area contributed by atoms with Gasteiger partial charge in [0.25, 0.3) is 5.91 Å². The number of phenolic OH excluding ortho intramolecular Hbond substituents is 1. The van der Waals surface area contributed by atoms with E-state index in [2.05, 4.69) is 17.9 Å². The lowest BCUT2D eigenvalue weighted by molar-refractivity contribution is -0.115. The van der Waals surface area contributed by atoms with Crippen LogP contribution >= 0.6 is 12.4 Å². The van der Waals surface area contributed by atoms with E-state index in [4.69, 9.17) is 4.74 Å². The van der Waals surface area contributed by atoms with Gasteiger partial charge in [0.05, 0.1) is 11.6 Å². The van der Waals surface area contributed by atoms with E-state index in [0.717, 1.165) is 31.5 Å². The van der Waals surface area contributed by atoms with E-state index in [1.54, 1.807) is 23.1 Å². The molecule has 1 N–H and O–H groups in total. The van der Waals surface area contributed by atoms with Gasteiger partial charge in [0.1, 0.15) is 5.82 Å². The minimum absolute atomic E-state index is 0. The fourth-order valence-corrected chi connectivity index (χ4v) is 5.01. The van der Waals surface area contributed by atoms with Gasteiger partial charge in [0.2, 0.25) is 0 Å². The molecule has 0 unspecified atom stereocenters. The number of hydrogen-bond acceptors (Lipinski definition) is 4. The monoisotopic (exact) mass is 474 g/mol. The second kappa shape index (κ2) is 9.74. The number of carbonyl (C=O) groups excluding carboxylic acids is 1. The second-order valence-corrected chi connectivity index (χ2v) is 9.29. The van der Waals surface area contributed by atoms with Gasteiger partial charge in [-0.05, 0) is 76.4 Å². The summed E-state index contributed by atoms with van der Waals surface area (Å²) in [5.41, 5.74) is 1.95. The first kappa shape index (κ1) is 25.1. The zero-order valence-electron chi connectivity index (χ0n) is 19.5. The van der Waals surface area contributed by atoms with Crippen LogP contribution in [0.2, 0.25) is 0 Å². The molecule has 0 radical (unpaired) electrons. The minimum atomic E-state index is -0.439. The van der Waals surface area contributed by atoms with Crippen molar-refractivity contribution in [1.29, 1.82) is 0 Å². The number of anilines is 1. The molecule has 2 aliphatic heterocycles. The fraction of sp³-hybridized carbons (Fsp3) is 0.423. The zero-order chi connectivity index (χ0) is 23.0. The maximum absolute atomic E-state index is 13.9. The number of aromatic hydroxyl groups is 1. The summed E-state index contributed by atoms with van der Waals surface area (Å²) in [6.45, 7) is 9.39. The summed E-state index contributed by atoms with van der Waals surface area (Å²) < 4.78 is 19.7. The number of rotatable bonds is 5. The summed E-state index contributed by atoms with van der Waals surface area (Å²) in [4.78, 5) is 17.2. The number of nitrogens with zero attached hydrogens (tertiary/aromatic N) is 2. The van der Waals surface area contributed by atoms with Gasteiger partial charge in [-0.2, -0.15) is 0 Å². The molecule has 5 nitrogen and oxygen atoms in total. The van der Waals surface area contributed by atoms with Crippen LogP contribution in [0.4, 0.5) is 10.1 Å². The van der Waals surface area contributed by atoms with E-state index in [0.29, 0.717) is 17.0 Å². The first-order chi connectivity index (χ1) is 15.2. The number of carbonyl (C=O) groups is 1. The van der Waals surface area contributed by atoms with Crippen molar-refractivity contribution in [3.05, 3.63) is 65.5 Å². The number of piperidine rings is 1. The molecule has 33 heavy (non-hydrogen) atoms. The van der Waals surface area contributed by atoms with Crippen LogP contribution in [0.1, 0.15) is 46.1 Å². The highest BCUT2D eigenvalue weighted by Crippen LogP contribution is 2.43. The molecule has 2 aromatic carbocycles. The lowest BCUT2D eigenvalue weighted by Crippen LogP contribution is -2.56. The smallest absolute Gasteiger partial charge is 0.254 e. The van der Waals surface area contributed by atoms with Crippen molar-refractivity contribution in [1.82, 2.24) is 4.90 Å². The third kappa shape index (κ3) is 5.02. The maximum atomic E-state index is 13.9. The Labute approximate surface area is 201 Å². The van der Waals surface area contributed by atoms with E-state index < -0.39 is 5.54 Å². The lowest BCUT2D eigenvalue weighted by Gasteiger charge is -2.47. The molecule has 0 aromatic heterocycles. The van der Waals surface area contributed by atoms with Crippen molar-refractivity contribution in [3.8, 4) is 11.5 Å². The summed E-state index contributed by atoms with van der Waals surface area (Å²) >= 11 is 0. The number of halogens is 2. The van der Waals surface area contributed by atoms with Crippen LogP contribution in [0.3, 0.4) is 0 Å². The summed E-state index contributed by atoms with van der Waals surface area (Å²) in [5.74, 6) is 0.247. The Morgan fingerprint density at radius 2 is 2.00 bits per heavy atom. The standard InChI is InChI=1S/C26H31FN2O3.ClH/c1-17(2)32-24-12-20(8-9-23(24)30)16-28-11-10-26(15-19(28)4)14-18(3)25(31)29(26)22-7-5-6-21(27)13-22;/h5-9,12-14,17,19,30H,10-11,15-16H2,1-4H3;1H/t19-,26-;/m0./s1. The van der Waals surface area contributed by atoms with E-state index in [1.807, 2.05) is 32.9 Å². The Kier molecular flexibility index (Phi) is 7.39. The first-order valence-corrected chi connectivity index (χ1v) is 11.2. The molecule has 0 saturated carbocycles. The molecule has 7 heteroatoms. The second-order valence-electron chi connectivity index (χ2n) is 9.29. The summed E-state index contributed by atoms with van der Waals surface area (Å²) in [6.07, 6.45) is 3.59. The van der Waals surface area contributed by atoms with Crippen LogP contribution in [0.25, 0.3) is 0 Å². The molecule has 2 atom stereocenters. The van der Waals surface area contributed by atoms with Crippen LogP contribution in [0.5, 0.6) is 11.5 Å². The molecule has 2 heterocycles. The van der Waals surface area contributed by atoms with Crippen LogP contribution < -0.4 is 9.64 Å². The molecule has 1 saturated heterocycles. The Morgan fingerprint density at radius 3 is 2.67 bits per heavy atom. The van der Waals surface area contributed by atoms with Crippen LogP contribution in [-0.4, -0.2) is 40.1 Å². The Morgan fingerprint density at radius 1 is 1.24 bits per heavy atom. The molecule has 1 fully saturated rings. The summed E-state index contributed by atoms with van der Waals surface area (Å²) in [6, 6.07) is 12.0. The molecule has 2 aromatic rings. The number of amides is 1. The third-order valence-electron chi connectivity index (χ3n) is 6.41. The highest BCUT2D eigenvalue weighted by Gasteiger charge is 2.48. The van der Waals surface area contributed by atoms with Gasteiger partial charge < -0.3 is 9.84 Å². The average Bonchev–Trinajstić information content (AvgIpc) is 2.95. The van der Waals surface area contributed by atoms with Gasteiger partial charge in [-0.1, -0.05) is 18.2 Å². The Bertz CT molecular complexity index is 1060. The van der Waals surface area contributed by atoms with Gasteiger partial charge in [-0.15, -0.1) is 12.4 Å². The topological polar surface area (TPSA) is 53.0 Å². The predicted molar refractivity (Wildman–Crippen MR) is 131 cm³/mol. The highest BCUT2D eigenvalue weighted by atomic mass is 35.5. The van der Waals surface area contributed by atoms with Crippen molar-refractivity contribution >= 4 is 24.0 Å². The van der Waals surface area contributed by atoms with Crippen LogP contribution in [0.15, 0.2) is 54.1 Å². The number of hydrogen-bond donors (Lipinski definition) is 1. The first-order valence-electron chi connectivity index (χ1n) is 11.2.